The molecule has 0 aromatic heterocycles. The van der Waals surface area contributed by atoms with Gasteiger partial charge in [-0.3, -0.25) is 0 Å². The van der Waals surface area contributed by atoms with Crippen LogP contribution in [0.15, 0.2) is 71.2 Å². The molecule has 0 fully saturated rings. The van der Waals surface area contributed by atoms with Crippen LogP contribution in [0.3, 0.4) is 0 Å². The Hall–Kier alpha value is -2.88. The number of aliphatic hydroxyl groups excluding tert-OH is 2. The van der Waals surface area contributed by atoms with E-state index in [9.17, 15) is 28.2 Å². The first kappa shape index (κ1) is 25.2. The molecule has 0 saturated carbocycles. The largest absolute Gasteiger partial charge is 0.449 e. The highest BCUT2D eigenvalue weighted by atomic mass is 79.9. The molecule has 35 heavy (non-hydrogen) atoms. The van der Waals surface area contributed by atoms with E-state index in [1.807, 2.05) is 48.5 Å². The molecule has 0 bridgehead atoms. The molecule has 5 nitrogen and oxygen atoms in total. The van der Waals surface area contributed by atoms with Crippen LogP contribution in [0.25, 0.3) is 11.1 Å². The third kappa shape index (κ3) is 5.52. The van der Waals surface area contributed by atoms with Gasteiger partial charge in [0.15, 0.2) is 0 Å². The van der Waals surface area contributed by atoms with Crippen molar-refractivity contribution in [3.8, 4) is 11.1 Å². The van der Waals surface area contributed by atoms with E-state index in [2.05, 4.69) is 21.2 Å². The third-order valence-corrected chi connectivity index (χ3v) is 6.75. The summed E-state index contributed by atoms with van der Waals surface area (Å²) in [6.07, 6.45) is -8.30. The molecule has 4 rings (SSSR count). The Morgan fingerprint density at radius 1 is 1.00 bits per heavy atom. The maximum Gasteiger partial charge on any atom is 0.417 e. The summed E-state index contributed by atoms with van der Waals surface area (Å²) in [6.45, 7) is 0.0989. The number of alkyl carbamates (subject to hydrolysis) is 1. The van der Waals surface area contributed by atoms with Crippen LogP contribution in [0.1, 0.15) is 40.7 Å². The summed E-state index contributed by atoms with van der Waals surface area (Å²) in [5.74, 6) is -0.0965. The first-order chi connectivity index (χ1) is 16.7. The lowest BCUT2D eigenvalue weighted by molar-refractivity contribution is -0.138. The van der Waals surface area contributed by atoms with Gasteiger partial charge in [0.2, 0.25) is 0 Å². The highest BCUT2D eigenvalue weighted by Crippen LogP contribution is 2.44. The molecule has 184 valence electrons. The Balaban J connectivity index is 1.29. The predicted octanol–water partition coefficient (Wildman–Crippen LogP) is 5.79. The number of carbonyl (C=O) groups is 1. The van der Waals surface area contributed by atoms with Crippen LogP contribution in [-0.2, 0) is 10.9 Å². The zero-order valence-corrected chi connectivity index (χ0v) is 20.0. The topological polar surface area (TPSA) is 78.8 Å². The smallest absolute Gasteiger partial charge is 0.417 e. The zero-order valence-electron chi connectivity index (χ0n) is 18.4. The highest BCUT2D eigenvalue weighted by Gasteiger charge is 2.34. The molecular formula is C26H23BrF3NO4. The zero-order chi connectivity index (χ0) is 25.2. The molecule has 0 saturated heterocycles. The second-order valence-corrected chi connectivity index (χ2v) is 9.14. The fraction of sp³-hybridized carbons (Fsp3) is 0.269. The van der Waals surface area contributed by atoms with Gasteiger partial charge < -0.3 is 20.3 Å². The van der Waals surface area contributed by atoms with Gasteiger partial charge in [-0.05, 0) is 46.4 Å². The summed E-state index contributed by atoms with van der Waals surface area (Å²) in [4.78, 5) is 12.2. The lowest BCUT2D eigenvalue weighted by atomic mass is 9.98. The van der Waals surface area contributed by atoms with Crippen molar-refractivity contribution in [1.82, 2.24) is 5.32 Å². The molecule has 1 aliphatic rings. The van der Waals surface area contributed by atoms with E-state index < -0.39 is 30.0 Å². The molecule has 2 unspecified atom stereocenters. The third-order valence-electron chi connectivity index (χ3n) is 6.05. The van der Waals surface area contributed by atoms with Gasteiger partial charge in [0, 0.05) is 16.9 Å². The number of rotatable bonds is 7. The quantitative estimate of drug-likeness (QED) is 0.348. The van der Waals surface area contributed by atoms with Crippen molar-refractivity contribution in [3.05, 3.63) is 93.5 Å². The Morgan fingerprint density at radius 2 is 1.60 bits per heavy atom. The van der Waals surface area contributed by atoms with E-state index in [-0.39, 0.29) is 35.5 Å². The van der Waals surface area contributed by atoms with Gasteiger partial charge in [-0.15, -0.1) is 0 Å². The van der Waals surface area contributed by atoms with Gasteiger partial charge >= 0.3 is 12.3 Å². The lowest BCUT2D eigenvalue weighted by Crippen LogP contribution is -2.30. The normalized spacial score (nSPS) is 14.7. The lowest BCUT2D eigenvalue weighted by Gasteiger charge is -2.20. The van der Waals surface area contributed by atoms with Crippen molar-refractivity contribution in [2.24, 2.45) is 0 Å². The number of halogens is 4. The van der Waals surface area contributed by atoms with Crippen LogP contribution in [-0.4, -0.2) is 35.6 Å². The van der Waals surface area contributed by atoms with Crippen molar-refractivity contribution in [2.45, 2.75) is 30.7 Å². The number of hydrogen-bond acceptors (Lipinski definition) is 4. The minimum Gasteiger partial charge on any atom is -0.449 e. The molecular weight excluding hydrogens is 527 g/mol. The minimum absolute atomic E-state index is 0.0302. The summed E-state index contributed by atoms with van der Waals surface area (Å²) in [5.41, 5.74) is 3.35. The number of carbonyl (C=O) groups excluding carboxylic acids is 1. The van der Waals surface area contributed by atoms with Gasteiger partial charge in [0.25, 0.3) is 0 Å². The van der Waals surface area contributed by atoms with Crippen LogP contribution >= 0.6 is 15.9 Å². The molecule has 0 aliphatic heterocycles. The first-order valence-corrected chi connectivity index (χ1v) is 11.8. The molecule has 3 aromatic carbocycles. The van der Waals surface area contributed by atoms with Crippen LogP contribution in [0, 0.1) is 0 Å². The maximum absolute atomic E-state index is 13.1. The van der Waals surface area contributed by atoms with Crippen molar-refractivity contribution in [2.75, 3.05) is 13.2 Å². The van der Waals surface area contributed by atoms with Gasteiger partial charge in [-0.2, -0.15) is 13.2 Å². The number of ether oxygens (including phenoxy) is 1. The SMILES string of the molecule is O=C(NCCC(O)C(O)c1ccc(Br)c(C(F)(F)F)c1)OCC1c2ccccc2-c2ccccc21. The fourth-order valence-electron chi connectivity index (χ4n) is 4.30. The second kappa shape index (κ2) is 10.4. The molecule has 0 radical (unpaired) electrons. The Kier molecular flexibility index (Phi) is 7.49. The number of hydrogen-bond donors (Lipinski definition) is 3. The van der Waals surface area contributed by atoms with Crippen LogP contribution in [0.5, 0.6) is 0 Å². The Labute approximate surface area is 208 Å². The molecule has 3 N–H and O–H groups in total. The maximum atomic E-state index is 13.1. The summed E-state index contributed by atoms with van der Waals surface area (Å²) < 4.78 is 44.5. The number of amides is 1. The van der Waals surface area contributed by atoms with E-state index in [0.717, 1.165) is 28.3 Å². The summed E-state index contributed by atoms with van der Waals surface area (Å²) in [5, 5.41) is 23.0. The number of aliphatic hydroxyl groups is 2. The van der Waals surface area contributed by atoms with Crippen molar-refractivity contribution in [3.63, 3.8) is 0 Å². The van der Waals surface area contributed by atoms with Gasteiger partial charge in [0.05, 0.1) is 11.7 Å². The van der Waals surface area contributed by atoms with E-state index in [0.29, 0.717) is 0 Å². The summed E-state index contributed by atoms with van der Waals surface area (Å²) in [7, 11) is 0. The number of benzene rings is 3. The standard InChI is InChI=1S/C26H23BrF3NO4/c27-22-10-9-15(13-21(22)26(28,29)30)24(33)23(32)11-12-31-25(34)35-14-20-18-7-3-1-5-16(18)17-6-2-4-8-19(17)20/h1-10,13,20,23-24,32-33H,11-12,14H2,(H,31,34). The highest BCUT2D eigenvalue weighted by molar-refractivity contribution is 9.10. The first-order valence-electron chi connectivity index (χ1n) is 11.0. The van der Waals surface area contributed by atoms with E-state index in [4.69, 9.17) is 4.74 Å². The molecule has 1 amide bonds. The van der Waals surface area contributed by atoms with Crippen molar-refractivity contribution >= 4 is 22.0 Å². The Bertz CT molecular complexity index is 1170. The van der Waals surface area contributed by atoms with E-state index in [1.165, 1.54) is 12.1 Å². The Morgan fingerprint density at radius 3 is 2.20 bits per heavy atom. The average Bonchev–Trinajstić information content (AvgIpc) is 3.15. The van der Waals surface area contributed by atoms with E-state index >= 15 is 0 Å². The average molecular weight is 550 g/mol. The van der Waals surface area contributed by atoms with Crippen LogP contribution in [0.2, 0.25) is 0 Å². The number of nitrogens with one attached hydrogen (secondary N) is 1. The molecule has 0 heterocycles. The van der Waals surface area contributed by atoms with Crippen molar-refractivity contribution in [1.29, 1.82) is 0 Å². The molecule has 3 aromatic rings. The molecule has 1 aliphatic carbocycles. The second-order valence-electron chi connectivity index (χ2n) is 8.29. The number of alkyl halides is 3. The molecule has 2 atom stereocenters. The molecule has 0 spiro atoms. The van der Waals surface area contributed by atoms with E-state index in [1.54, 1.807) is 0 Å². The fourth-order valence-corrected chi connectivity index (χ4v) is 4.77. The van der Waals surface area contributed by atoms with Crippen LogP contribution < -0.4 is 5.32 Å². The summed E-state index contributed by atoms with van der Waals surface area (Å²) in [6, 6.07) is 19.1. The van der Waals surface area contributed by atoms with Gasteiger partial charge in [-0.25, -0.2) is 4.79 Å². The predicted molar refractivity (Wildman–Crippen MR) is 128 cm³/mol. The van der Waals surface area contributed by atoms with Gasteiger partial charge in [0.1, 0.15) is 12.7 Å². The minimum atomic E-state index is -4.61. The monoisotopic (exact) mass is 549 g/mol. The van der Waals surface area contributed by atoms with Gasteiger partial charge in [-0.1, -0.05) is 70.5 Å². The summed E-state index contributed by atoms with van der Waals surface area (Å²) >= 11 is 2.84. The van der Waals surface area contributed by atoms with Crippen LogP contribution in [0.4, 0.5) is 18.0 Å². The number of fused-ring (bicyclic) bond motifs is 3. The molecule has 9 heteroatoms. The van der Waals surface area contributed by atoms with Crippen molar-refractivity contribution < 1.29 is 32.9 Å².